The molecule has 0 saturated carbocycles. The summed E-state index contributed by atoms with van der Waals surface area (Å²) in [4.78, 5) is 14.0. The number of nitrogens with zero attached hydrogens (tertiary/aromatic N) is 1. The highest BCUT2D eigenvalue weighted by Crippen LogP contribution is 2.32. The van der Waals surface area contributed by atoms with Crippen molar-refractivity contribution in [1.29, 1.82) is 0 Å². The third kappa shape index (κ3) is 3.90. The summed E-state index contributed by atoms with van der Waals surface area (Å²) in [6, 6.07) is 8.55. The molecule has 0 aliphatic carbocycles. The molecule has 10 heteroatoms. The van der Waals surface area contributed by atoms with Crippen molar-refractivity contribution in [3.05, 3.63) is 40.2 Å². The molecule has 1 aliphatic heterocycles. The van der Waals surface area contributed by atoms with E-state index in [0.29, 0.717) is 11.5 Å². The maximum atomic E-state index is 12.6. The molecule has 7 nitrogen and oxygen atoms in total. The van der Waals surface area contributed by atoms with Crippen LogP contribution in [0.4, 0.5) is 0 Å². The molecule has 1 atom stereocenters. The summed E-state index contributed by atoms with van der Waals surface area (Å²) in [6.45, 7) is 0.492. The SMILES string of the molecule is CN(CC1COc2ccccc2O1)C(=O)c1cc(Cl)sc1S(N)(=O)=O. The van der Waals surface area contributed by atoms with Gasteiger partial charge in [-0.05, 0) is 18.2 Å². The van der Waals surface area contributed by atoms with Crippen molar-refractivity contribution < 1.29 is 22.7 Å². The van der Waals surface area contributed by atoms with Crippen LogP contribution in [0.25, 0.3) is 0 Å². The number of ether oxygens (including phenoxy) is 2. The van der Waals surface area contributed by atoms with Gasteiger partial charge in [-0.25, -0.2) is 13.6 Å². The van der Waals surface area contributed by atoms with Crippen molar-refractivity contribution in [2.24, 2.45) is 5.14 Å². The molecule has 1 aromatic carbocycles. The summed E-state index contributed by atoms with van der Waals surface area (Å²) in [6.07, 6.45) is -0.379. The fraction of sp³-hybridized carbons (Fsp3) is 0.267. The molecule has 0 saturated heterocycles. The summed E-state index contributed by atoms with van der Waals surface area (Å²) < 4.78 is 34.6. The zero-order chi connectivity index (χ0) is 18.2. The first-order chi connectivity index (χ1) is 11.8. The molecule has 1 unspecified atom stereocenters. The van der Waals surface area contributed by atoms with E-state index in [-0.39, 0.29) is 33.4 Å². The predicted molar refractivity (Wildman–Crippen MR) is 94.0 cm³/mol. The minimum atomic E-state index is -4.03. The molecular formula is C15H15ClN2O5S2. The first-order valence-electron chi connectivity index (χ1n) is 7.22. The van der Waals surface area contributed by atoms with E-state index >= 15 is 0 Å². The fourth-order valence-corrected chi connectivity index (χ4v) is 4.73. The number of rotatable bonds is 4. The van der Waals surface area contributed by atoms with Gasteiger partial charge in [-0.15, -0.1) is 11.3 Å². The molecule has 1 aromatic heterocycles. The number of para-hydroxylation sites is 2. The number of carbonyl (C=O) groups is 1. The van der Waals surface area contributed by atoms with Crippen LogP contribution in [0.5, 0.6) is 11.5 Å². The third-order valence-corrected chi connectivity index (χ3v) is 6.29. The van der Waals surface area contributed by atoms with Gasteiger partial charge in [0.05, 0.1) is 16.4 Å². The van der Waals surface area contributed by atoms with Gasteiger partial charge in [0.15, 0.2) is 17.6 Å². The highest BCUT2D eigenvalue weighted by molar-refractivity contribution is 7.91. The standard InChI is InChI=1S/C15H15ClN2O5S2/c1-18(7-9-8-22-11-4-2-3-5-12(11)23-9)14(19)10-6-13(16)24-15(10)25(17,20)21/h2-6,9H,7-8H2,1H3,(H2,17,20,21). The Balaban J connectivity index is 1.74. The van der Waals surface area contributed by atoms with E-state index in [0.717, 1.165) is 11.3 Å². The molecule has 1 aliphatic rings. The number of fused-ring (bicyclic) bond motifs is 1. The van der Waals surface area contributed by atoms with Crippen LogP contribution in [0.15, 0.2) is 34.5 Å². The topological polar surface area (TPSA) is 98.9 Å². The van der Waals surface area contributed by atoms with Crippen LogP contribution < -0.4 is 14.6 Å². The molecule has 134 valence electrons. The van der Waals surface area contributed by atoms with Crippen LogP contribution in [-0.4, -0.2) is 45.5 Å². The number of thiophene rings is 1. The van der Waals surface area contributed by atoms with Crippen molar-refractivity contribution >= 4 is 38.9 Å². The first kappa shape index (κ1) is 18.0. The van der Waals surface area contributed by atoms with Gasteiger partial charge in [-0.3, -0.25) is 4.79 Å². The van der Waals surface area contributed by atoms with E-state index in [1.807, 2.05) is 12.1 Å². The smallest absolute Gasteiger partial charge is 0.256 e. The lowest BCUT2D eigenvalue weighted by atomic mass is 10.2. The molecule has 0 radical (unpaired) electrons. The van der Waals surface area contributed by atoms with E-state index in [1.54, 1.807) is 19.2 Å². The average molecular weight is 403 g/mol. The highest BCUT2D eigenvalue weighted by Gasteiger charge is 2.28. The monoisotopic (exact) mass is 402 g/mol. The Morgan fingerprint density at radius 2 is 2.08 bits per heavy atom. The molecule has 3 rings (SSSR count). The lowest BCUT2D eigenvalue weighted by Gasteiger charge is -2.29. The average Bonchev–Trinajstić information content (AvgIpc) is 2.96. The number of benzene rings is 1. The largest absolute Gasteiger partial charge is 0.486 e. The van der Waals surface area contributed by atoms with Crippen molar-refractivity contribution in [1.82, 2.24) is 4.90 Å². The summed E-state index contributed by atoms with van der Waals surface area (Å²) in [7, 11) is -2.49. The third-order valence-electron chi connectivity index (χ3n) is 3.55. The van der Waals surface area contributed by atoms with Gasteiger partial charge in [0, 0.05) is 7.05 Å². The van der Waals surface area contributed by atoms with Crippen molar-refractivity contribution in [2.75, 3.05) is 20.2 Å². The van der Waals surface area contributed by atoms with E-state index in [9.17, 15) is 13.2 Å². The van der Waals surface area contributed by atoms with Crippen molar-refractivity contribution in [3.63, 3.8) is 0 Å². The Labute approximate surface area is 154 Å². The quantitative estimate of drug-likeness (QED) is 0.842. The van der Waals surface area contributed by atoms with E-state index < -0.39 is 15.9 Å². The minimum Gasteiger partial charge on any atom is -0.486 e. The minimum absolute atomic E-state index is 0.0443. The Bertz CT molecular complexity index is 912. The van der Waals surface area contributed by atoms with Gasteiger partial charge in [0.25, 0.3) is 5.91 Å². The van der Waals surface area contributed by atoms with Gasteiger partial charge < -0.3 is 14.4 Å². The number of halogens is 1. The maximum absolute atomic E-state index is 12.6. The molecule has 2 aromatic rings. The highest BCUT2D eigenvalue weighted by atomic mass is 35.5. The number of carbonyl (C=O) groups excluding carboxylic acids is 1. The lowest BCUT2D eigenvalue weighted by molar-refractivity contribution is 0.0519. The number of hydrogen-bond acceptors (Lipinski definition) is 6. The molecule has 25 heavy (non-hydrogen) atoms. The van der Waals surface area contributed by atoms with Gasteiger partial charge in [0.2, 0.25) is 10.0 Å². The summed E-state index contributed by atoms with van der Waals surface area (Å²) >= 11 is 6.60. The molecule has 0 spiro atoms. The summed E-state index contributed by atoms with van der Waals surface area (Å²) in [5.74, 6) is 0.742. The number of hydrogen-bond donors (Lipinski definition) is 1. The fourth-order valence-electron chi connectivity index (χ4n) is 2.45. The Kier molecular flexibility index (Phi) is 4.92. The second-order valence-electron chi connectivity index (χ2n) is 5.48. The van der Waals surface area contributed by atoms with Gasteiger partial charge in [-0.2, -0.15) is 0 Å². The molecule has 0 fully saturated rings. The number of likely N-dealkylation sites (N-methyl/N-ethyl adjacent to an activating group) is 1. The second-order valence-corrected chi connectivity index (χ2v) is 8.92. The summed E-state index contributed by atoms with van der Waals surface area (Å²) in [5, 5.41) is 5.15. The number of sulfonamides is 1. The first-order valence-corrected chi connectivity index (χ1v) is 9.96. The van der Waals surface area contributed by atoms with Gasteiger partial charge in [0.1, 0.15) is 10.8 Å². The van der Waals surface area contributed by atoms with E-state index in [1.165, 1.54) is 11.0 Å². The van der Waals surface area contributed by atoms with Crippen molar-refractivity contribution in [3.8, 4) is 11.5 Å². The number of nitrogens with two attached hydrogens (primary N) is 1. The van der Waals surface area contributed by atoms with Crippen LogP contribution in [-0.2, 0) is 10.0 Å². The zero-order valence-electron chi connectivity index (χ0n) is 13.1. The van der Waals surface area contributed by atoms with Crippen LogP contribution in [0, 0.1) is 0 Å². The van der Waals surface area contributed by atoms with Crippen LogP contribution in [0.2, 0.25) is 4.34 Å². The number of amides is 1. The Hall–Kier alpha value is -1.81. The predicted octanol–water partition coefficient (Wildman–Crippen LogP) is 1.96. The summed E-state index contributed by atoms with van der Waals surface area (Å²) in [5.41, 5.74) is -0.0443. The zero-order valence-corrected chi connectivity index (χ0v) is 15.5. The molecule has 0 bridgehead atoms. The van der Waals surface area contributed by atoms with Crippen molar-refractivity contribution in [2.45, 2.75) is 10.3 Å². The maximum Gasteiger partial charge on any atom is 0.256 e. The molecule has 1 amide bonds. The molecule has 2 heterocycles. The van der Waals surface area contributed by atoms with E-state index in [4.69, 9.17) is 26.2 Å². The Morgan fingerprint density at radius 3 is 2.76 bits per heavy atom. The molecule has 2 N–H and O–H groups in total. The lowest BCUT2D eigenvalue weighted by Crippen LogP contribution is -2.42. The van der Waals surface area contributed by atoms with Crippen LogP contribution in [0.3, 0.4) is 0 Å². The molecular weight excluding hydrogens is 388 g/mol. The number of primary sulfonamides is 1. The van der Waals surface area contributed by atoms with Crippen LogP contribution in [0.1, 0.15) is 10.4 Å². The van der Waals surface area contributed by atoms with E-state index in [2.05, 4.69) is 0 Å². The Morgan fingerprint density at radius 1 is 1.40 bits per heavy atom. The van der Waals surface area contributed by atoms with Crippen LogP contribution >= 0.6 is 22.9 Å². The van der Waals surface area contributed by atoms with Gasteiger partial charge >= 0.3 is 0 Å². The van der Waals surface area contributed by atoms with Gasteiger partial charge in [-0.1, -0.05) is 23.7 Å². The second kappa shape index (κ2) is 6.83. The normalized spacial score (nSPS) is 16.5.